The van der Waals surface area contributed by atoms with Gasteiger partial charge in [-0.15, -0.1) is 0 Å². The van der Waals surface area contributed by atoms with Crippen LogP contribution >= 0.6 is 0 Å². The van der Waals surface area contributed by atoms with Gasteiger partial charge in [0.25, 0.3) is 0 Å². The monoisotopic (exact) mass is 294 g/mol. The molecule has 0 radical (unpaired) electrons. The molecule has 1 aromatic carbocycles. The lowest BCUT2D eigenvalue weighted by molar-refractivity contribution is -0.0302. The van der Waals surface area contributed by atoms with E-state index < -0.39 is 0 Å². The van der Waals surface area contributed by atoms with E-state index in [0.717, 1.165) is 16.9 Å². The van der Waals surface area contributed by atoms with Gasteiger partial charge in [-0.3, -0.25) is 0 Å². The molecule has 2 atom stereocenters. The second-order valence-corrected chi connectivity index (χ2v) is 5.08. The van der Waals surface area contributed by atoms with E-state index in [2.05, 4.69) is 0 Å². The van der Waals surface area contributed by atoms with Crippen LogP contribution < -0.4 is 4.74 Å². The molecule has 1 aromatic rings. The normalized spacial score (nSPS) is 14.6. The van der Waals surface area contributed by atoms with Crippen molar-refractivity contribution in [3.8, 4) is 5.75 Å². The molecule has 0 spiro atoms. The number of hydrogen-bond acceptors (Lipinski definition) is 4. The fourth-order valence-corrected chi connectivity index (χ4v) is 1.76. The van der Waals surface area contributed by atoms with E-state index >= 15 is 0 Å². The lowest BCUT2D eigenvalue weighted by Gasteiger charge is -2.16. The highest BCUT2D eigenvalue weighted by atomic mass is 16.5. The van der Waals surface area contributed by atoms with Crippen molar-refractivity contribution in [3.05, 3.63) is 36.1 Å². The predicted molar refractivity (Wildman–Crippen MR) is 84.5 cm³/mol. The Bertz CT molecular complexity index is 425. The number of methoxy groups -OCH3 is 2. The Morgan fingerprint density at radius 2 is 1.71 bits per heavy atom. The van der Waals surface area contributed by atoms with E-state index in [0.29, 0.717) is 13.2 Å². The summed E-state index contributed by atoms with van der Waals surface area (Å²) >= 11 is 0. The van der Waals surface area contributed by atoms with Crippen molar-refractivity contribution in [1.29, 1.82) is 0 Å². The topological polar surface area (TPSA) is 36.9 Å². The van der Waals surface area contributed by atoms with Gasteiger partial charge in [-0.25, -0.2) is 0 Å². The molecule has 0 aliphatic heterocycles. The van der Waals surface area contributed by atoms with Gasteiger partial charge >= 0.3 is 0 Å². The van der Waals surface area contributed by atoms with Crippen molar-refractivity contribution in [1.82, 2.24) is 0 Å². The molecule has 0 fully saturated rings. The molecule has 21 heavy (non-hydrogen) atoms. The highest BCUT2D eigenvalue weighted by molar-refractivity contribution is 5.63. The highest BCUT2D eigenvalue weighted by Crippen LogP contribution is 2.18. The highest BCUT2D eigenvalue weighted by Gasteiger charge is 2.06. The first-order valence-electron chi connectivity index (χ1n) is 7.14. The quantitative estimate of drug-likeness (QED) is 0.653. The van der Waals surface area contributed by atoms with E-state index in [9.17, 15) is 0 Å². The van der Waals surface area contributed by atoms with Crippen molar-refractivity contribution >= 4 is 5.57 Å². The molecule has 2 unspecified atom stereocenters. The number of benzene rings is 1. The Balaban J connectivity index is 2.43. The lowest BCUT2D eigenvalue weighted by Crippen LogP contribution is -2.21. The lowest BCUT2D eigenvalue weighted by atomic mass is 10.1. The Morgan fingerprint density at radius 3 is 2.29 bits per heavy atom. The van der Waals surface area contributed by atoms with Gasteiger partial charge in [-0.2, -0.15) is 0 Å². The van der Waals surface area contributed by atoms with E-state index in [-0.39, 0.29) is 12.2 Å². The Morgan fingerprint density at radius 1 is 1.05 bits per heavy atom. The van der Waals surface area contributed by atoms with E-state index in [4.69, 9.17) is 18.9 Å². The van der Waals surface area contributed by atoms with Gasteiger partial charge in [-0.1, -0.05) is 12.1 Å². The first-order chi connectivity index (χ1) is 10.1. The molecule has 4 heteroatoms. The van der Waals surface area contributed by atoms with E-state index in [1.807, 2.05) is 45.0 Å². The molecule has 0 saturated carbocycles. The maximum atomic E-state index is 5.68. The van der Waals surface area contributed by atoms with Crippen molar-refractivity contribution in [2.75, 3.05) is 27.4 Å². The molecular formula is C17H26O4. The minimum Gasteiger partial charge on any atom is -0.497 e. The van der Waals surface area contributed by atoms with Crippen molar-refractivity contribution in [2.45, 2.75) is 33.0 Å². The van der Waals surface area contributed by atoms with E-state index in [1.165, 1.54) is 0 Å². The van der Waals surface area contributed by atoms with Crippen LogP contribution in [-0.2, 0) is 14.2 Å². The molecule has 0 saturated heterocycles. The Labute approximate surface area is 127 Å². The summed E-state index contributed by atoms with van der Waals surface area (Å²) in [5, 5.41) is 0. The zero-order chi connectivity index (χ0) is 15.7. The Kier molecular flexibility index (Phi) is 7.87. The summed E-state index contributed by atoms with van der Waals surface area (Å²) in [6.45, 7) is 7.11. The van der Waals surface area contributed by atoms with Gasteiger partial charge in [0.2, 0.25) is 0 Å². The summed E-state index contributed by atoms with van der Waals surface area (Å²) in [6, 6.07) is 7.89. The maximum absolute atomic E-state index is 5.68. The molecule has 0 aliphatic rings. The minimum absolute atomic E-state index is 0.00231. The summed E-state index contributed by atoms with van der Waals surface area (Å²) in [7, 11) is 3.33. The van der Waals surface area contributed by atoms with E-state index in [1.54, 1.807) is 20.5 Å². The van der Waals surface area contributed by atoms with Crippen LogP contribution in [0.15, 0.2) is 30.5 Å². The summed E-state index contributed by atoms with van der Waals surface area (Å²) in [5.74, 6) is 0.848. The molecular weight excluding hydrogens is 268 g/mol. The van der Waals surface area contributed by atoms with Gasteiger partial charge in [0.1, 0.15) is 11.9 Å². The molecule has 0 aromatic heterocycles. The fraction of sp³-hybridized carbons (Fsp3) is 0.529. The van der Waals surface area contributed by atoms with Crippen LogP contribution in [-0.4, -0.2) is 39.6 Å². The number of rotatable bonds is 9. The van der Waals surface area contributed by atoms with Crippen molar-refractivity contribution in [2.24, 2.45) is 0 Å². The molecule has 0 N–H and O–H groups in total. The molecule has 0 aliphatic carbocycles. The molecule has 4 nitrogen and oxygen atoms in total. The van der Waals surface area contributed by atoms with Crippen molar-refractivity contribution < 1.29 is 18.9 Å². The average molecular weight is 294 g/mol. The molecule has 118 valence electrons. The zero-order valence-electron chi connectivity index (χ0n) is 13.6. The van der Waals surface area contributed by atoms with Gasteiger partial charge in [0.15, 0.2) is 0 Å². The SMILES string of the molecule is COCC(C)OCC(C)O/C=C(\C)c1ccc(OC)cc1. The van der Waals surface area contributed by atoms with Crippen LogP contribution in [0.4, 0.5) is 0 Å². The van der Waals surface area contributed by atoms with Gasteiger partial charge in [-0.05, 0) is 44.0 Å². The van der Waals surface area contributed by atoms with Crippen LogP contribution in [0.25, 0.3) is 5.57 Å². The summed E-state index contributed by atoms with van der Waals surface area (Å²) in [6.07, 6.45) is 1.85. The molecule has 0 amide bonds. The summed E-state index contributed by atoms with van der Waals surface area (Å²) < 4.78 is 21.5. The van der Waals surface area contributed by atoms with Crippen LogP contribution in [0.1, 0.15) is 26.3 Å². The maximum Gasteiger partial charge on any atom is 0.118 e. The minimum atomic E-state index is -0.00231. The van der Waals surface area contributed by atoms with Crippen LogP contribution in [0.3, 0.4) is 0 Å². The van der Waals surface area contributed by atoms with Gasteiger partial charge in [0.05, 0.1) is 32.7 Å². The third kappa shape index (κ3) is 6.65. The molecule has 0 heterocycles. The summed E-state index contributed by atoms with van der Waals surface area (Å²) in [5.41, 5.74) is 2.17. The molecule has 0 bridgehead atoms. The standard InChI is InChI=1S/C17H26O4/c1-13(16-6-8-17(19-5)9-7-16)10-20-15(3)12-21-14(2)11-18-4/h6-10,14-15H,11-12H2,1-5H3/b13-10+. The zero-order valence-corrected chi connectivity index (χ0v) is 13.6. The van der Waals surface area contributed by atoms with Crippen LogP contribution in [0, 0.1) is 0 Å². The predicted octanol–water partition coefficient (Wildman–Crippen LogP) is 3.51. The second kappa shape index (κ2) is 9.42. The third-order valence-electron chi connectivity index (χ3n) is 3.04. The molecule has 1 rings (SSSR count). The van der Waals surface area contributed by atoms with Crippen LogP contribution in [0.2, 0.25) is 0 Å². The number of allylic oxidation sites excluding steroid dienone is 1. The smallest absolute Gasteiger partial charge is 0.118 e. The van der Waals surface area contributed by atoms with Crippen LogP contribution in [0.5, 0.6) is 5.75 Å². The van der Waals surface area contributed by atoms with Gasteiger partial charge < -0.3 is 18.9 Å². The first kappa shape index (κ1) is 17.5. The number of hydrogen-bond donors (Lipinski definition) is 0. The van der Waals surface area contributed by atoms with Crippen molar-refractivity contribution in [3.63, 3.8) is 0 Å². The number of ether oxygens (including phenoxy) is 4. The largest absolute Gasteiger partial charge is 0.497 e. The third-order valence-corrected chi connectivity index (χ3v) is 3.04. The van der Waals surface area contributed by atoms with Gasteiger partial charge in [0, 0.05) is 7.11 Å². The Hall–Kier alpha value is -1.52. The first-order valence-corrected chi connectivity index (χ1v) is 7.14. The summed E-state index contributed by atoms with van der Waals surface area (Å²) in [4.78, 5) is 0. The fourth-order valence-electron chi connectivity index (χ4n) is 1.76. The second-order valence-electron chi connectivity index (χ2n) is 5.08. The average Bonchev–Trinajstić information content (AvgIpc) is 2.51.